The van der Waals surface area contributed by atoms with Crippen molar-refractivity contribution in [2.75, 3.05) is 6.54 Å². The van der Waals surface area contributed by atoms with E-state index < -0.39 is 0 Å². The Balaban J connectivity index is 2.31. The van der Waals surface area contributed by atoms with Crippen molar-refractivity contribution < 1.29 is 4.79 Å². The molecule has 2 rings (SSSR count). The van der Waals surface area contributed by atoms with Crippen LogP contribution in [0.2, 0.25) is 0 Å². The van der Waals surface area contributed by atoms with Gasteiger partial charge in [-0.15, -0.1) is 0 Å². The molecule has 1 aromatic carbocycles. The molecule has 1 saturated heterocycles. The van der Waals surface area contributed by atoms with Crippen molar-refractivity contribution in [2.45, 2.75) is 24.8 Å². The Morgan fingerprint density at radius 1 is 1.36 bits per heavy atom. The minimum absolute atomic E-state index is 0.136. The van der Waals surface area contributed by atoms with Gasteiger partial charge in [-0.3, -0.25) is 4.79 Å². The third kappa shape index (κ3) is 1.58. The van der Waals surface area contributed by atoms with E-state index in [1.165, 1.54) is 5.56 Å². The molecule has 1 fully saturated rings. The Kier molecular flexibility index (Phi) is 2.64. The van der Waals surface area contributed by atoms with Crippen LogP contribution < -0.4 is 5.32 Å². The Labute approximate surface area is 84.3 Å². The van der Waals surface area contributed by atoms with Crippen molar-refractivity contribution >= 4 is 6.29 Å². The molecule has 1 atom stereocenters. The average molecular weight is 188 g/mol. The van der Waals surface area contributed by atoms with Gasteiger partial charge < -0.3 is 5.32 Å². The van der Waals surface area contributed by atoms with Gasteiger partial charge in [-0.2, -0.15) is 0 Å². The summed E-state index contributed by atoms with van der Waals surface area (Å²) in [5, 5.41) is 3.42. The van der Waals surface area contributed by atoms with Crippen LogP contribution in [0.15, 0.2) is 30.3 Å². The fourth-order valence-corrected chi connectivity index (χ4v) is 2.19. The van der Waals surface area contributed by atoms with Gasteiger partial charge in [-0.25, -0.2) is 0 Å². The topological polar surface area (TPSA) is 29.1 Å². The summed E-state index contributed by atoms with van der Waals surface area (Å²) in [5.74, 6) is 0. The summed E-state index contributed by atoms with van der Waals surface area (Å²) in [4.78, 5) is 10.6. The van der Waals surface area contributed by atoms with E-state index in [0.29, 0.717) is 6.42 Å². The largest absolute Gasteiger partial charge is 0.307 e. The number of benzene rings is 1. The van der Waals surface area contributed by atoms with Gasteiger partial charge in [0, 0.05) is 6.42 Å². The summed E-state index contributed by atoms with van der Waals surface area (Å²) >= 11 is 0. The molecule has 2 nitrogen and oxygen atoms in total. The molecule has 0 amide bonds. The first-order valence-corrected chi connectivity index (χ1v) is 5.03. The van der Waals surface area contributed by atoms with E-state index in [2.05, 4.69) is 17.4 Å². The van der Waals surface area contributed by atoms with Crippen molar-refractivity contribution in [3.8, 4) is 0 Å². The molecule has 1 aromatic rings. The van der Waals surface area contributed by atoms with Crippen molar-refractivity contribution in [3.05, 3.63) is 35.9 Å². The predicted octanol–water partition coefficient (Wildman–Crippen LogP) is 1.77. The lowest BCUT2D eigenvalue weighted by molar-refractivity contribution is 0.394. The highest BCUT2D eigenvalue weighted by Crippen LogP contribution is 2.33. The van der Waals surface area contributed by atoms with E-state index in [1.807, 2.05) is 24.5 Å². The van der Waals surface area contributed by atoms with Crippen molar-refractivity contribution in [2.24, 2.45) is 0 Å². The number of hydrogen-bond donors (Lipinski definition) is 1. The first-order chi connectivity index (χ1) is 6.87. The molecule has 1 aliphatic heterocycles. The molecule has 0 saturated carbocycles. The SMILES string of the molecule is O=[C]CC1(c2ccccc2)CCCN1. The highest BCUT2D eigenvalue weighted by atomic mass is 16.1. The van der Waals surface area contributed by atoms with Crippen LogP contribution in [0.4, 0.5) is 0 Å². The van der Waals surface area contributed by atoms with Crippen molar-refractivity contribution in [1.82, 2.24) is 5.32 Å². The fraction of sp³-hybridized carbons (Fsp3) is 0.417. The quantitative estimate of drug-likeness (QED) is 0.783. The second-order valence-electron chi connectivity index (χ2n) is 3.80. The summed E-state index contributed by atoms with van der Waals surface area (Å²) in [7, 11) is 0. The molecule has 0 spiro atoms. The van der Waals surface area contributed by atoms with Crippen LogP contribution in [0, 0.1) is 0 Å². The zero-order valence-corrected chi connectivity index (χ0v) is 8.12. The third-order valence-corrected chi connectivity index (χ3v) is 2.94. The van der Waals surface area contributed by atoms with E-state index in [1.54, 1.807) is 0 Å². The van der Waals surface area contributed by atoms with E-state index in [-0.39, 0.29) is 5.54 Å². The van der Waals surface area contributed by atoms with Crippen molar-refractivity contribution in [1.29, 1.82) is 0 Å². The second kappa shape index (κ2) is 3.93. The van der Waals surface area contributed by atoms with Gasteiger partial charge in [0.05, 0.1) is 5.54 Å². The summed E-state index contributed by atoms with van der Waals surface area (Å²) < 4.78 is 0. The lowest BCUT2D eigenvalue weighted by Gasteiger charge is -2.27. The molecule has 1 N–H and O–H groups in total. The Morgan fingerprint density at radius 3 is 2.71 bits per heavy atom. The highest BCUT2D eigenvalue weighted by molar-refractivity contribution is 5.54. The van der Waals surface area contributed by atoms with E-state index in [4.69, 9.17) is 0 Å². The fourth-order valence-electron chi connectivity index (χ4n) is 2.19. The maximum atomic E-state index is 10.6. The van der Waals surface area contributed by atoms with Gasteiger partial charge in [0.15, 0.2) is 0 Å². The van der Waals surface area contributed by atoms with Crippen LogP contribution in [-0.2, 0) is 10.3 Å². The van der Waals surface area contributed by atoms with Crippen LogP contribution in [0.25, 0.3) is 0 Å². The van der Waals surface area contributed by atoms with Gasteiger partial charge in [-0.1, -0.05) is 30.3 Å². The van der Waals surface area contributed by atoms with Gasteiger partial charge in [0.2, 0.25) is 6.29 Å². The monoisotopic (exact) mass is 188 g/mol. The summed E-state index contributed by atoms with van der Waals surface area (Å²) in [6.07, 6.45) is 4.66. The number of nitrogens with one attached hydrogen (secondary N) is 1. The molecular weight excluding hydrogens is 174 g/mol. The molecule has 0 bridgehead atoms. The normalized spacial score (nSPS) is 26.3. The molecule has 1 unspecified atom stereocenters. The molecule has 14 heavy (non-hydrogen) atoms. The molecule has 2 heteroatoms. The van der Waals surface area contributed by atoms with Gasteiger partial charge >= 0.3 is 0 Å². The van der Waals surface area contributed by atoms with Crippen LogP contribution >= 0.6 is 0 Å². The standard InChI is InChI=1S/C12H14NO/c14-10-8-12(7-4-9-13-12)11-5-2-1-3-6-11/h1-3,5-6,13H,4,7-9H2. The lowest BCUT2D eigenvalue weighted by atomic mass is 9.86. The lowest BCUT2D eigenvalue weighted by Crippen LogP contribution is -2.37. The van der Waals surface area contributed by atoms with Gasteiger partial charge in [0.1, 0.15) is 0 Å². The average Bonchev–Trinajstić information content (AvgIpc) is 2.70. The van der Waals surface area contributed by atoms with Crippen LogP contribution in [0.5, 0.6) is 0 Å². The minimum Gasteiger partial charge on any atom is -0.307 e. The molecule has 0 aliphatic carbocycles. The number of hydrogen-bond acceptors (Lipinski definition) is 2. The second-order valence-corrected chi connectivity index (χ2v) is 3.80. The molecule has 1 aliphatic rings. The first kappa shape index (κ1) is 9.41. The van der Waals surface area contributed by atoms with E-state index in [0.717, 1.165) is 19.4 Å². The Morgan fingerprint density at radius 2 is 2.14 bits per heavy atom. The van der Waals surface area contributed by atoms with Crippen LogP contribution in [-0.4, -0.2) is 12.8 Å². The summed E-state index contributed by atoms with van der Waals surface area (Å²) in [5.41, 5.74) is 1.07. The maximum Gasteiger partial charge on any atom is 0.200 e. The Hall–Kier alpha value is -1.15. The van der Waals surface area contributed by atoms with Crippen LogP contribution in [0.1, 0.15) is 24.8 Å². The smallest absolute Gasteiger partial charge is 0.200 e. The summed E-state index contributed by atoms with van der Waals surface area (Å²) in [6, 6.07) is 10.2. The zero-order chi connectivity index (χ0) is 9.86. The Bertz CT molecular complexity index is 301. The van der Waals surface area contributed by atoms with Gasteiger partial charge in [-0.05, 0) is 24.9 Å². The number of carbonyl (C=O) groups excluding carboxylic acids is 1. The molecule has 1 radical (unpaired) electrons. The van der Waals surface area contributed by atoms with Gasteiger partial charge in [0.25, 0.3) is 0 Å². The molecule has 0 aromatic heterocycles. The number of rotatable bonds is 3. The predicted molar refractivity (Wildman–Crippen MR) is 55.7 cm³/mol. The maximum absolute atomic E-state index is 10.6. The van der Waals surface area contributed by atoms with Crippen LogP contribution in [0.3, 0.4) is 0 Å². The van der Waals surface area contributed by atoms with E-state index >= 15 is 0 Å². The third-order valence-electron chi connectivity index (χ3n) is 2.94. The molecule has 1 heterocycles. The zero-order valence-electron chi connectivity index (χ0n) is 8.12. The highest BCUT2D eigenvalue weighted by Gasteiger charge is 2.34. The molecular formula is C12H14NO. The first-order valence-electron chi connectivity index (χ1n) is 5.03. The molecule has 73 valence electrons. The van der Waals surface area contributed by atoms with E-state index in [9.17, 15) is 4.79 Å². The summed E-state index contributed by atoms with van der Waals surface area (Å²) in [6.45, 7) is 0.997. The van der Waals surface area contributed by atoms with Crippen molar-refractivity contribution in [3.63, 3.8) is 0 Å². The minimum atomic E-state index is -0.136.